The van der Waals surface area contributed by atoms with Gasteiger partial charge in [0.1, 0.15) is 18.4 Å². The molecule has 0 bridgehead atoms. The summed E-state index contributed by atoms with van der Waals surface area (Å²) in [6, 6.07) is 6.14. The smallest absolute Gasteiger partial charge is 0.354 e. The Morgan fingerprint density at radius 3 is 2.25 bits per heavy atom. The lowest BCUT2D eigenvalue weighted by Gasteiger charge is -2.32. The summed E-state index contributed by atoms with van der Waals surface area (Å²) < 4.78 is 78.7. The van der Waals surface area contributed by atoms with E-state index in [0.717, 1.165) is 29.4 Å². The van der Waals surface area contributed by atoms with E-state index in [0.29, 0.717) is 35.0 Å². The first-order chi connectivity index (χ1) is 16.6. The van der Waals surface area contributed by atoms with Gasteiger partial charge in [0.15, 0.2) is 0 Å². The van der Waals surface area contributed by atoms with E-state index in [1.165, 1.54) is 19.1 Å². The van der Waals surface area contributed by atoms with Crippen LogP contribution in [0.3, 0.4) is 0 Å². The predicted molar refractivity (Wildman–Crippen MR) is 128 cm³/mol. The molecule has 0 fully saturated rings. The fourth-order valence-corrected chi connectivity index (χ4v) is 4.36. The average molecular weight is 552 g/mol. The topological polar surface area (TPSA) is 86.8 Å². The van der Waals surface area contributed by atoms with Gasteiger partial charge in [-0.25, -0.2) is 12.8 Å². The molecule has 0 aliphatic carbocycles. The first kappa shape index (κ1) is 29.4. The van der Waals surface area contributed by atoms with E-state index in [-0.39, 0.29) is 11.6 Å². The molecule has 0 spiro atoms. The minimum absolute atomic E-state index is 0.187. The molecule has 1 N–H and O–H groups in total. The Balaban J connectivity index is 2.47. The monoisotopic (exact) mass is 551 g/mol. The summed E-state index contributed by atoms with van der Waals surface area (Å²) >= 11 is 6.03. The van der Waals surface area contributed by atoms with Crippen molar-refractivity contribution in [2.75, 3.05) is 23.7 Å². The molecular formula is C23H26ClF4N3O4S. The van der Waals surface area contributed by atoms with Gasteiger partial charge in [0.25, 0.3) is 0 Å². The molecule has 1 atom stereocenters. The van der Waals surface area contributed by atoms with Gasteiger partial charge < -0.3 is 10.2 Å². The van der Waals surface area contributed by atoms with Gasteiger partial charge in [0, 0.05) is 13.1 Å². The second-order valence-corrected chi connectivity index (χ2v) is 10.4. The van der Waals surface area contributed by atoms with Crippen LogP contribution in [0.15, 0.2) is 42.5 Å². The summed E-state index contributed by atoms with van der Waals surface area (Å²) in [4.78, 5) is 27.0. The highest BCUT2D eigenvalue weighted by molar-refractivity contribution is 7.92. The summed E-state index contributed by atoms with van der Waals surface area (Å²) in [5.41, 5.74) is -1.24. The van der Waals surface area contributed by atoms with Gasteiger partial charge in [-0.3, -0.25) is 13.9 Å². The molecule has 0 radical (unpaired) electrons. The number of anilines is 1. The van der Waals surface area contributed by atoms with Crippen molar-refractivity contribution in [3.63, 3.8) is 0 Å². The van der Waals surface area contributed by atoms with Crippen LogP contribution in [0, 0.1) is 5.82 Å². The van der Waals surface area contributed by atoms with Gasteiger partial charge in [-0.1, -0.05) is 30.7 Å². The average Bonchev–Trinajstić information content (AvgIpc) is 2.79. The summed E-state index contributed by atoms with van der Waals surface area (Å²) in [6.07, 6.45) is -3.44. The van der Waals surface area contributed by atoms with Crippen LogP contribution in [-0.4, -0.2) is 50.5 Å². The molecule has 0 saturated heterocycles. The van der Waals surface area contributed by atoms with E-state index in [1.807, 2.05) is 6.92 Å². The number of hydrogen-bond donors (Lipinski definition) is 1. The quantitative estimate of drug-likeness (QED) is 0.448. The molecule has 2 aromatic carbocycles. The van der Waals surface area contributed by atoms with Crippen LogP contribution < -0.4 is 9.62 Å². The van der Waals surface area contributed by atoms with Gasteiger partial charge in [-0.15, -0.1) is 0 Å². The zero-order valence-electron chi connectivity index (χ0n) is 19.8. The summed E-state index contributed by atoms with van der Waals surface area (Å²) in [7, 11) is -4.29. The first-order valence-corrected chi connectivity index (χ1v) is 13.0. The second kappa shape index (κ2) is 11.9. The first-order valence-electron chi connectivity index (χ1n) is 10.8. The van der Waals surface area contributed by atoms with Crippen molar-refractivity contribution in [1.29, 1.82) is 0 Å². The predicted octanol–water partition coefficient (Wildman–Crippen LogP) is 4.21. The third kappa shape index (κ3) is 7.82. The molecule has 2 rings (SSSR count). The maximum Gasteiger partial charge on any atom is 0.416 e. The lowest BCUT2D eigenvalue weighted by Crippen LogP contribution is -2.51. The van der Waals surface area contributed by atoms with Crippen molar-refractivity contribution in [2.24, 2.45) is 0 Å². The molecular weight excluding hydrogens is 526 g/mol. The van der Waals surface area contributed by atoms with Gasteiger partial charge in [0.05, 0.1) is 22.5 Å². The van der Waals surface area contributed by atoms with E-state index < -0.39 is 57.7 Å². The van der Waals surface area contributed by atoms with E-state index in [4.69, 9.17) is 11.6 Å². The van der Waals surface area contributed by atoms with Crippen molar-refractivity contribution in [3.05, 3.63) is 64.4 Å². The molecule has 36 heavy (non-hydrogen) atoms. The van der Waals surface area contributed by atoms with Crippen molar-refractivity contribution in [2.45, 2.75) is 39.0 Å². The lowest BCUT2D eigenvalue weighted by molar-refractivity contribution is -0.139. The largest absolute Gasteiger partial charge is 0.416 e. The highest BCUT2D eigenvalue weighted by Gasteiger charge is 2.34. The molecule has 0 saturated carbocycles. The van der Waals surface area contributed by atoms with Crippen molar-refractivity contribution >= 4 is 39.1 Å². The Hall–Kier alpha value is -2.86. The maximum absolute atomic E-state index is 13.4. The number of nitrogens with one attached hydrogen (secondary N) is 1. The third-order valence-corrected chi connectivity index (χ3v) is 6.65. The molecule has 0 heterocycles. The van der Waals surface area contributed by atoms with Crippen molar-refractivity contribution in [1.82, 2.24) is 10.2 Å². The Bertz CT molecular complexity index is 1190. The van der Waals surface area contributed by atoms with E-state index in [1.54, 1.807) is 0 Å². The standard InChI is InChI=1S/C23H26ClF4N3O4S/c1-4-11-29-22(33)15(2)30(13-16-5-8-18(25)9-6-16)21(32)14-31(36(3,34)35)20-12-17(23(26,27)28)7-10-19(20)24/h5-10,12,15H,4,11,13-14H2,1-3H3,(H,29,33). The molecule has 7 nitrogen and oxygen atoms in total. The molecule has 0 aliphatic rings. The van der Waals surface area contributed by atoms with Gasteiger partial charge in [0.2, 0.25) is 21.8 Å². The number of rotatable bonds is 10. The number of alkyl halides is 3. The second-order valence-electron chi connectivity index (χ2n) is 8.05. The Labute approximate surface area is 212 Å². The zero-order chi connectivity index (χ0) is 27.3. The molecule has 198 valence electrons. The SMILES string of the molecule is CCCNC(=O)C(C)N(Cc1ccc(F)cc1)C(=O)CN(c1cc(C(F)(F)F)ccc1Cl)S(C)(=O)=O. The molecule has 1 unspecified atom stereocenters. The van der Waals surface area contributed by atoms with Gasteiger partial charge in [-0.2, -0.15) is 13.2 Å². The summed E-state index contributed by atoms with van der Waals surface area (Å²) in [5.74, 6) is -1.92. The third-order valence-electron chi connectivity index (χ3n) is 5.20. The van der Waals surface area contributed by atoms with Crippen LogP contribution in [0.2, 0.25) is 5.02 Å². The normalized spacial score (nSPS) is 12.7. The van der Waals surface area contributed by atoms with Crippen LogP contribution in [0.1, 0.15) is 31.4 Å². The highest BCUT2D eigenvalue weighted by atomic mass is 35.5. The number of hydrogen-bond acceptors (Lipinski definition) is 4. The maximum atomic E-state index is 13.4. The number of carbonyl (C=O) groups excluding carboxylic acids is 2. The van der Waals surface area contributed by atoms with Crippen LogP contribution in [0.4, 0.5) is 23.2 Å². The van der Waals surface area contributed by atoms with Crippen LogP contribution in [0.5, 0.6) is 0 Å². The van der Waals surface area contributed by atoms with Crippen molar-refractivity contribution < 1.29 is 35.6 Å². The summed E-state index contributed by atoms with van der Waals surface area (Å²) in [6.45, 7) is 2.47. The summed E-state index contributed by atoms with van der Waals surface area (Å²) in [5, 5.41) is 2.32. The van der Waals surface area contributed by atoms with Crippen molar-refractivity contribution in [3.8, 4) is 0 Å². The Kier molecular flexibility index (Phi) is 9.72. The Morgan fingerprint density at radius 1 is 1.11 bits per heavy atom. The Morgan fingerprint density at radius 2 is 1.72 bits per heavy atom. The molecule has 2 amide bonds. The number of carbonyl (C=O) groups is 2. The molecule has 0 aromatic heterocycles. The number of sulfonamides is 1. The molecule has 13 heteroatoms. The molecule has 2 aromatic rings. The number of nitrogens with zero attached hydrogens (tertiary/aromatic N) is 2. The zero-order valence-corrected chi connectivity index (χ0v) is 21.3. The minimum Gasteiger partial charge on any atom is -0.354 e. The van der Waals surface area contributed by atoms with E-state index in [2.05, 4.69) is 5.32 Å². The van der Waals surface area contributed by atoms with E-state index in [9.17, 15) is 35.6 Å². The van der Waals surface area contributed by atoms with Crippen LogP contribution in [-0.2, 0) is 32.3 Å². The number of halogens is 5. The fourth-order valence-electron chi connectivity index (χ4n) is 3.24. The molecule has 0 aliphatic heterocycles. The van der Waals surface area contributed by atoms with E-state index >= 15 is 0 Å². The number of amides is 2. The van der Waals surface area contributed by atoms with Gasteiger partial charge >= 0.3 is 6.18 Å². The highest BCUT2D eigenvalue weighted by Crippen LogP contribution is 2.36. The fraction of sp³-hybridized carbons (Fsp3) is 0.391. The number of benzene rings is 2. The van der Waals surface area contributed by atoms with Gasteiger partial charge in [-0.05, 0) is 49.2 Å². The van der Waals surface area contributed by atoms with Crippen LogP contribution >= 0.6 is 11.6 Å². The minimum atomic E-state index is -4.78. The lowest BCUT2D eigenvalue weighted by atomic mass is 10.1. The van der Waals surface area contributed by atoms with Crippen LogP contribution in [0.25, 0.3) is 0 Å².